The van der Waals surface area contributed by atoms with Gasteiger partial charge in [-0.15, -0.1) is 0 Å². The Morgan fingerprint density at radius 1 is 1.17 bits per heavy atom. The van der Waals surface area contributed by atoms with Crippen LogP contribution in [-0.4, -0.2) is 31.7 Å². The summed E-state index contributed by atoms with van der Waals surface area (Å²) in [5, 5.41) is 0. The Labute approximate surface area is 136 Å². The van der Waals surface area contributed by atoms with E-state index in [0.717, 1.165) is 11.3 Å². The first-order valence-corrected chi connectivity index (χ1v) is 7.60. The van der Waals surface area contributed by atoms with Gasteiger partial charge in [0.1, 0.15) is 5.75 Å². The third kappa shape index (κ3) is 5.71. The molecular formula is C18H22N2O3. The number of hydrogen-bond acceptors (Lipinski definition) is 5. The zero-order chi connectivity index (χ0) is 16.5. The van der Waals surface area contributed by atoms with Crippen molar-refractivity contribution in [2.45, 2.75) is 19.4 Å². The van der Waals surface area contributed by atoms with Crippen molar-refractivity contribution in [1.29, 1.82) is 0 Å². The number of carbonyl (C=O) groups excluding carboxylic acids is 1. The SMILES string of the molecule is CN(C)c1ccncc1COCCCC(=O)Oc1ccccc1. The molecule has 5 heteroatoms. The minimum atomic E-state index is -0.241. The Kier molecular flexibility index (Phi) is 6.56. The molecule has 0 saturated heterocycles. The molecule has 0 unspecified atom stereocenters. The number of benzene rings is 1. The summed E-state index contributed by atoms with van der Waals surface area (Å²) >= 11 is 0. The number of rotatable bonds is 8. The van der Waals surface area contributed by atoms with Gasteiger partial charge in [0.15, 0.2) is 0 Å². The van der Waals surface area contributed by atoms with E-state index < -0.39 is 0 Å². The van der Waals surface area contributed by atoms with Crippen LogP contribution in [0.4, 0.5) is 5.69 Å². The Morgan fingerprint density at radius 3 is 2.70 bits per heavy atom. The summed E-state index contributed by atoms with van der Waals surface area (Å²) in [7, 11) is 3.97. The number of pyridine rings is 1. The van der Waals surface area contributed by atoms with E-state index in [1.54, 1.807) is 24.5 Å². The number of aromatic nitrogens is 1. The molecule has 0 saturated carbocycles. The second-order valence-corrected chi connectivity index (χ2v) is 5.34. The van der Waals surface area contributed by atoms with E-state index in [4.69, 9.17) is 9.47 Å². The Hall–Kier alpha value is -2.40. The minimum Gasteiger partial charge on any atom is -0.427 e. The van der Waals surface area contributed by atoms with Gasteiger partial charge >= 0.3 is 5.97 Å². The average Bonchev–Trinajstić information content (AvgIpc) is 2.55. The summed E-state index contributed by atoms with van der Waals surface area (Å²) in [6, 6.07) is 11.0. The Bertz CT molecular complexity index is 615. The number of esters is 1. The normalized spacial score (nSPS) is 10.3. The van der Waals surface area contributed by atoms with Gasteiger partial charge in [0.25, 0.3) is 0 Å². The van der Waals surface area contributed by atoms with Crippen LogP contribution in [0.25, 0.3) is 0 Å². The number of nitrogens with zero attached hydrogens (tertiary/aromatic N) is 2. The molecule has 0 N–H and O–H groups in total. The summed E-state index contributed by atoms with van der Waals surface area (Å²) < 4.78 is 10.9. The molecule has 0 amide bonds. The highest BCUT2D eigenvalue weighted by Crippen LogP contribution is 2.17. The number of para-hydroxylation sites is 1. The lowest BCUT2D eigenvalue weighted by Gasteiger charge is -2.16. The van der Waals surface area contributed by atoms with Gasteiger partial charge in [0, 0.05) is 50.8 Å². The van der Waals surface area contributed by atoms with E-state index in [9.17, 15) is 4.79 Å². The first kappa shape index (κ1) is 17.0. The summed E-state index contributed by atoms with van der Waals surface area (Å²) in [6.45, 7) is 0.987. The minimum absolute atomic E-state index is 0.241. The molecule has 0 atom stereocenters. The lowest BCUT2D eigenvalue weighted by molar-refractivity contribution is -0.134. The van der Waals surface area contributed by atoms with E-state index in [-0.39, 0.29) is 5.97 Å². The van der Waals surface area contributed by atoms with Crippen molar-refractivity contribution < 1.29 is 14.3 Å². The van der Waals surface area contributed by atoms with Crippen LogP contribution < -0.4 is 9.64 Å². The fraction of sp³-hybridized carbons (Fsp3) is 0.333. The highest BCUT2D eigenvalue weighted by Gasteiger charge is 2.06. The third-order valence-electron chi connectivity index (χ3n) is 3.26. The molecule has 2 rings (SSSR count). The summed E-state index contributed by atoms with van der Waals surface area (Å²) in [6.07, 6.45) is 4.53. The maximum Gasteiger partial charge on any atom is 0.311 e. The first-order chi connectivity index (χ1) is 11.2. The molecule has 0 aliphatic carbocycles. The lowest BCUT2D eigenvalue weighted by Crippen LogP contribution is -2.12. The van der Waals surface area contributed by atoms with Crippen LogP contribution in [0.15, 0.2) is 48.8 Å². The van der Waals surface area contributed by atoms with Gasteiger partial charge in [0.2, 0.25) is 0 Å². The summed E-state index contributed by atoms with van der Waals surface area (Å²) in [5.74, 6) is 0.333. The smallest absolute Gasteiger partial charge is 0.311 e. The van der Waals surface area contributed by atoms with Gasteiger partial charge in [-0.25, -0.2) is 0 Å². The van der Waals surface area contributed by atoms with E-state index in [0.29, 0.717) is 31.8 Å². The number of anilines is 1. The zero-order valence-corrected chi connectivity index (χ0v) is 13.6. The average molecular weight is 314 g/mol. The molecule has 122 valence electrons. The molecule has 23 heavy (non-hydrogen) atoms. The largest absolute Gasteiger partial charge is 0.427 e. The molecule has 2 aromatic rings. The van der Waals surface area contributed by atoms with Crippen molar-refractivity contribution in [2.24, 2.45) is 0 Å². The van der Waals surface area contributed by atoms with Crippen molar-refractivity contribution in [3.8, 4) is 5.75 Å². The van der Waals surface area contributed by atoms with E-state index >= 15 is 0 Å². The second kappa shape index (κ2) is 8.90. The molecule has 0 spiro atoms. The van der Waals surface area contributed by atoms with Gasteiger partial charge in [-0.3, -0.25) is 9.78 Å². The molecule has 5 nitrogen and oxygen atoms in total. The van der Waals surface area contributed by atoms with Gasteiger partial charge in [0.05, 0.1) is 6.61 Å². The standard InChI is InChI=1S/C18H22N2O3/c1-20(2)17-10-11-19-13-15(17)14-22-12-6-9-18(21)23-16-7-4-3-5-8-16/h3-5,7-8,10-11,13H,6,9,12,14H2,1-2H3. The van der Waals surface area contributed by atoms with Gasteiger partial charge in [-0.05, 0) is 24.6 Å². The maximum absolute atomic E-state index is 11.7. The number of hydrogen-bond donors (Lipinski definition) is 0. The Morgan fingerprint density at radius 2 is 1.96 bits per heavy atom. The van der Waals surface area contributed by atoms with Crippen molar-refractivity contribution >= 4 is 11.7 Å². The topological polar surface area (TPSA) is 51.7 Å². The van der Waals surface area contributed by atoms with Gasteiger partial charge in [-0.2, -0.15) is 0 Å². The van der Waals surface area contributed by atoms with Crippen LogP contribution in [0, 0.1) is 0 Å². The summed E-state index contributed by atoms with van der Waals surface area (Å²) in [4.78, 5) is 17.8. The third-order valence-corrected chi connectivity index (χ3v) is 3.26. The molecule has 1 aromatic heterocycles. The van der Waals surface area contributed by atoms with E-state index in [1.807, 2.05) is 43.3 Å². The van der Waals surface area contributed by atoms with Crippen LogP contribution in [0.5, 0.6) is 5.75 Å². The highest BCUT2D eigenvalue weighted by atomic mass is 16.5. The van der Waals surface area contributed by atoms with Crippen LogP contribution in [0.3, 0.4) is 0 Å². The van der Waals surface area contributed by atoms with Crippen molar-refractivity contribution in [3.05, 3.63) is 54.4 Å². The Balaban J connectivity index is 1.67. The fourth-order valence-corrected chi connectivity index (χ4v) is 2.14. The van der Waals surface area contributed by atoms with Crippen molar-refractivity contribution in [3.63, 3.8) is 0 Å². The van der Waals surface area contributed by atoms with Crippen LogP contribution >= 0.6 is 0 Å². The highest BCUT2D eigenvalue weighted by molar-refractivity contribution is 5.72. The van der Waals surface area contributed by atoms with Gasteiger partial charge in [-0.1, -0.05) is 18.2 Å². The molecule has 1 aromatic carbocycles. The van der Waals surface area contributed by atoms with E-state index in [1.165, 1.54) is 0 Å². The monoisotopic (exact) mass is 314 g/mol. The lowest BCUT2D eigenvalue weighted by atomic mass is 10.2. The van der Waals surface area contributed by atoms with Crippen molar-refractivity contribution in [1.82, 2.24) is 4.98 Å². The second-order valence-electron chi connectivity index (χ2n) is 5.34. The molecule has 0 fully saturated rings. The summed E-state index contributed by atoms with van der Waals surface area (Å²) in [5.41, 5.74) is 2.12. The van der Waals surface area contributed by atoms with Crippen LogP contribution in [0.2, 0.25) is 0 Å². The van der Waals surface area contributed by atoms with E-state index in [2.05, 4.69) is 4.98 Å². The predicted molar refractivity (Wildman–Crippen MR) is 89.5 cm³/mol. The molecule has 0 aliphatic heterocycles. The van der Waals surface area contributed by atoms with Gasteiger partial charge < -0.3 is 14.4 Å². The zero-order valence-electron chi connectivity index (χ0n) is 13.6. The molecule has 1 heterocycles. The van der Waals surface area contributed by atoms with Crippen LogP contribution in [0.1, 0.15) is 18.4 Å². The molecule has 0 radical (unpaired) electrons. The number of carbonyl (C=O) groups is 1. The maximum atomic E-state index is 11.7. The van der Waals surface area contributed by atoms with Crippen LogP contribution in [-0.2, 0) is 16.1 Å². The molecule has 0 aliphatic rings. The molecule has 0 bridgehead atoms. The van der Waals surface area contributed by atoms with Crippen molar-refractivity contribution in [2.75, 3.05) is 25.6 Å². The quantitative estimate of drug-likeness (QED) is 0.426. The predicted octanol–water partition coefficient (Wildman–Crippen LogP) is 3.05. The molecular weight excluding hydrogens is 292 g/mol. The fourth-order valence-electron chi connectivity index (χ4n) is 2.14. The number of ether oxygens (including phenoxy) is 2. The first-order valence-electron chi connectivity index (χ1n) is 7.60.